The fraction of sp³-hybridized carbons (Fsp3) is 0. The second kappa shape index (κ2) is 4.08. The third kappa shape index (κ3) is 2.06. The highest BCUT2D eigenvalue weighted by atomic mass is 35.5. The lowest BCUT2D eigenvalue weighted by molar-refractivity contribution is 0.103. The molecule has 0 saturated carbocycles. The Labute approximate surface area is 94.3 Å². The van der Waals surface area contributed by atoms with Crippen LogP contribution in [-0.4, -0.2) is 10.8 Å². The van der Waals surface area contributed by atoms with Crippen LogP contribution in [0, 0.1) is 5.82 Å². The zero-order valence-corrected chi connectivity index (χ0v) is 8.98. The summed E-state index contributed by atoms with van der Waals surface area (Å²) >= 11 is 6.76. The molecule has 2 nitrogen and oxygen atoms in total. The largest absolute Gasteiger partial charge is 0.286 e. The molecule has 0 N–H and O–H groups in total. The second-order valence-electron chi connectivity index (χ2n) is 2.79. The van der Waals surface area contributed by atoms with Crippen molar-refractivity contribution in [2.45, 2.75) is 0 Å². The Balaban J connectivity index is 2.42. The lowest BCUT2D eigenvalue weighted by atomic mass is 10.1. The summed E-state index contributed by atoms with van der Waals surface area (Å²) in [6.45, 7) is 0. The van der Waals surface area contributed by atoms with Crippen molar-refractivity contribution in [3.8, 4) is 0 Å². The molecule has 0 spiro atoms. The Morgan fingerprint density at radius 2 is 2.27 bits per heavy atom. The molecule has 2 aromatic rings. The van der Waals surface area contributed by atoms with Gasteiger partial charge in [-0.2, -0.15) is 0 Å². The number of ketones is 1. The van der Waals surface area contributed by atoms with Gasteiger partial charge in [-0.25, -0.2) is 9.37 Å². The van der Waals surface area contributed by atoms with E-state index in [0.29, 0.717) is 0 Å². The van der Waals surface area contributed by atoms with E-state index < -0.39 is 11.6 Å². The van der Waals surface area contributed by atoms with Crippen molar-refractivity contribution >= 4 is 28.7 Å². The van der Waals surface area contributed by atoms with Crippen molar-refractivity contribution in [2.24, 2.45) is 0 Å². The van der Waals surface area contributed by atoms with Crippen LogP contribution in [0.2, 0.25) is 5.02 Å². The van der Waals surface area contributed by atoms with Crippen LogP contribution in [0.25, 0.3) is 0 Å². The quantitative estimate of drug-likeness (QED) is 0.756. The molecule has 0 unspecified atom stereocenters. The van der Waals surface area contributed by atoms with Crippen molar-refractivity contribution in [3.05, 3.63) is 51.2 Å². The van der Waals surface area contributed by atoms with Crippen LogP contribution in [0.1, 0.15) is 15.4 Å². The number of halogens is 2. The maximum absolute atomic E-state index is 13.4. The van der Waals surface area contributed by atoms with E-state index in [1.54, 1.807) is 5.38 Å². The summed E-state index contributed by atoms with van der Waals surface area (Å²) in [5.41, 5.74) is -0.00523. The van der Waals surface area contributed by atoms with E-state index in [0.717, 1.165) is 6.07 Å². The zero-order chi connectivity index (χ0) is 10.8. The van der Waals surface area contributed by atoms with Gasteiger partial charge in [0.2, 0.25) is 5.78 Å². The monoisotopic (exact) mass is 241 g/mol. The first-order chi connectivity index (χ1) is 7.18. The summed E-state index contributed by atoms with van der Waals surface area (Å²) in [6, 6.07) is 3.95. The zero-order valence-electron chi connectivity index (χ0n) is 7.41. The van der Waals surface area contributed by atoms with Crippen LogP contribution in [0.4, 0.5) is 4.39 Å². The molecule has 2 rings (SSSR count). The van der Waals surface area contributed by atoms with Gasteiger partial charge in [-0.1, -0.05) is 11.6 Å². The van der Waals surface area contributed by atoms with Gasteiger partial charge in [0.1, 0.15) is 5.82 Å². The van der Waals surface area contributed by atoms with Gasteiger partial charge in [0, 0.05) is 16.6 Å². The molecule has 76 valence electrons. The van der Waals surface area contributed by atoms with E-state index in [1.807, 2.05) is 0 Å². The maximum Gasteiger partial charge on any atom is 0.224 e. The SMILES string of the molecule is O=C(c1nccs1)c1ccc(Cl)cc1F. The van der Waals surface area contributed by atoms with Crippen molar-refractivity contribution in [1.29, 1.82) is 0 Å². The molecule has 0 radical (unpaired) electrons. The third-order valence-corrected chi connectivity index (χ3v) is 2.81. The van der Waals surface area contributed by atoms with Gasteiger partial charge in [-0.3, -0.25) is 4.79 Å². The molecule has 5 heteroatoms. The summed E-state index contributed by atoms with van der Waals surface area (Å²) < 4.78 is 13.4. The number of carbonyl (C=O) groups excluding carboxylic acids is 1. The molecule has 0 saturated heterocycles. The average molecular weight is 242 g/mol. The van der Waals surface area contributed by atoms with Crippen LogP contribution in [-0.2, 0) is 0 Å². The van der Waals surface area contributed by atoms with Crippen LogP contribution in [0.3, 0.4) is 0 Å². The number of rotatable bonds is 2. The Bertz CT molecular complexity index is 498. The molecule has 1 aromatic heterocycles. The van der Waals surface area contributed by atoms with Crippen LogP contribution in [0.5, 0.6) is 0 Å². The van der Waals surface area contributed by atoms with Gasteiger partial charge in [0.25, 0.3) is 0 Å². The minimum absolute atomic E-state index is 0.00523. The van der Waals surface area contributed by atoms with Crippen LogP contribution in [0.15, 0.2) is 29.8 Å². The molecule has 0 amide bonds. The molecule has 0 bridgehead atoms. The first-order valence-corrected chi connectivity index (χ1v) is 5.33. The molecule has 0 fully saturated rings. The summed E-state index contributed by atoms with van der Waals surface area (Å²) in [7, 11) is 0. The van der Waals surface area contributed by atoms with E-state index in [9.17, 15) is 9.18 Å². The fourth-order valence-corrected chi connectivity index (χ4v) is 1.87. The molecular weight excluding hydrogens is 237 g/mol. The second-order valence-corrected chi connectivity index (χ2v) is 4.12. The lowest BCUT2D eigenvalue weighted by Crippen LogP contribution is -2.03. The smallest absolute Gasteiger partial charge is 0.224 e. The Kier molecular flexibility index (Phi) is 2.79. The highest BCUT2D eigenvalue weighted by molar-refractivity contribution is 7.11. The van der Waals surface area contributed by atoms with Gasteiger partial charge >= 0.3 is 0 Å². The summed E-state index contributed by atoms with van der Waals surface area (Å²) in [4.78, 5) is 15.5. The fourth-order valence-electron chi connectivity index (χ4n) is 1.12. The van der Waals surface area contributed by atoms with Crippen LogP contribution < -0.4 is 0 Å². The van der Waals surface area contributed by atoms with Crippen molar-refractivity contribution in [2.75, 3.05) is 0 Å². The Hall–Kier alpha value is -1.26. The van der Waals surface area contributed by atoms with E-state index >= 15 is 0 Å². The van der Waals surface area contributed by atoms with E-state index in [4.69, 9.17) is 11.6 Å². The molecule has 0 atom stereocenters. The van der Waals surface area contributed by atoms with E-state index in [-0.39, 0.29) is 15.6 Å². The highest BCUT2D eigenvalue weighted by Gasteiger charge is 2.15. The van der Waals surface area contributed by atoms with Crippen molar-refractivity contribution in [1.82, 2.24) is 4.98 Å². The number of aromatic nitrogens is 1. The minimum Gasteiger partial charge on any atom is -0.286 e. The first-order valence-electron chi connectivity index (χ1n) is 4.08. The highest BCUT2D eigenvalue weighted by Crippen LogP contribution is 2.18. The number of thiazole rings is 1. The normalized spacial score (nSPS) is 10.3. The summed E-state index contributed by atoms with van der Waals surface area (Å²) in [5.74, 6) is -1.04. The maximum atomic E-state index is 13.4. The lowest BCUT2D eigenvalue weighted by Gasteiger charge is -1.99. The Morgan fingerprint density at radius 1 is 1.47 bits per heavy atom. The predicted molar refractivity (Wildman–Crippen MR) is 57.0 cm³/mol. The summed E-state index contributed by atoms with van der Waals surface area (Å²) in [6.07, 6.45) is 1.51. The number of hydrogen-bond donors (Lipinski definition) is 0. The van der Waals surface area contributed by atoms with E-state index in [2.05, 4.69) is 4.98 Å². The Morgan fingerprint density at radius 3 is 2.87 bits per heavy atom. The predicted octanol–water partition coefficient (Wildman–Crippen LogP) is 3.17. The number of hydrogen-bond acceptors (Lipinski definition) is 3. The van der Waals surface area contributed by atoms with Gasteiger partial charge in [0.05, 0.1) is 5.56 Å². The minimum atomic E-state index is -0.622. The molecule has 0 aliphatic heterocycles. The number of nitrogens with zero attached hydrogens (tertiary/aromatic N) is 1. The van der Waals surface area contributed by atoms with Gasteiger partial charge in [-0.15, -0.1) is 11.3 Å². The van der Waals surface area contributed by atoms with Crippen molar-refractivity contribution < 1.29 is 9.18 Å². The number of carbonyl (C=O) groups is 1. The average Bonchev–Trinajstić information content (AvgIpc) is 2.69. The topological polar surface area (TPSA) is 30.0 Å². The van der Waals surface area contributed by atoms with E-state index in [1.165, 1.54) is 29.7 Å². The number of benzene rings is 1. The third-order valence-electron chi connectivity index (χ3n) is 1.80. The molecule has 1 heterocycles. The van der Waals surface area contributed by atoms with Gasteiger partial charge < -0.3 is 0 Å². The summed E-state index contributed by atoms with van der Waals surface area (Å²) in [5, 5.41) is 2.21. The standard InChI is InChI=1S/C10H5ClFNOS/c11-6-1-2-7(8(12)5-6)9(14)10-13-3-4-15-10/h1-5H. The molecular formula is C10H5ClFNOS. The van der Waals surface area contributed by atoms with Gasteiger partial charge in [-0.05, 0) is 18.2 Å². The first kappa shape index (κ1) is 10.3. The molecule has 0 aliphatic rings. The van der Waals surface area contributed by atoms with Crippen LogP contribution >= 0.6 is 22.9 Å². The van der Waals surface area contributed by atoms with Gasteiger partial charge in [0.15, 0.2) is 5.01 Å². The van der Waals surface area contributed by atoms with Crippen molar-refractivity contribution in [3.63, 3.8) is 0 Å². The molecule has 0 aliphatic carbocycles. The molecule has 1 aromatic carbocycles. The molecule has 15 heavy (non-hydrogen) atoms.